The van der Waals surface area contributed by atoms with Crippen LogP contribution in [-0.4, -0.2) is 7.11 Å². The minimum Gasteiger partial charge on any atom is -0.496 e. The fraction of sp³-hybridized carbons (Fsp3) is 0.200. The Morgan fingerprint density at radius 2 is 1.95 bits per heavy atom. The normalized spacial score (nSPS) is 12.2. The van der Waals surface area contributed by atoms with E-state index in [1.54, 1.807) is 18.2 Å². The van der Waals surface area contributed by atoms with Crippen molar-refractivity contribution in [3.05, 3.63) is 64.2 Å². The molecule has 0 aromatic heterocycles. The van der Waals surface area contributed by atoms with Crippen LogP contribution in [0.4, 0.5) is 8.78 Å². The van der Waals surface area contributed by atoms with Crippen LogP contribution in [-0.2, 0) is 6.42 Å². The van der Waals surface area contributed by atoms with E-state index in [4.69, 9.17) is 22.2 Å². The minimum absolute atomic E-state index is 0.344. The largest absolute Gasteiger partial charge is 0.496 e. The van der Waals surface area contributed by atoms with E-state index in [0.29, 0.717) is 22.8 Å². The van der Waals surface area contributed by atoms with Crippen LogP contribution in [0.3, 0.4) is 0 Å². The molecular formula is C15H15ClF2N2O. The number of hydrazine groups is 1. The highest BCUT2D eigenvalue weighted by molar-refractivity contribution is 6.30. The first-order valence-electron chi connectivity index (χ1n) is 6.28. The number of hydrogen-bond donors (Lipinski definition) is 2. The fourth-order valence-electron chi connectivity index (χ4n) is 2.14. The number of benzene rings is 2. The Morgan fingerprint density at radius 1 is 1.19 bits per heavy atom. The summed E-state index contributed by atoms with van der Waals surface area (Å²) in [7, 11) is 1.54. The zero-order valence-corrected chi connectivity index (χ0v) is 12.1. The third-order valence-corrected chi connectivity index (χ3v) is 3.43. The van der Waals surface area contributed by atoms with Crippen molar-refractivity contribution in [2.24, 2.45) is 5.84 Å². The van der Waals surface area contributed by atoms with Crippen molar-refractivity contribution >= 4 is 11.6 Å². The molecule has 2 rings (SSSR count). The molecule has 0 amide bonds. The first-order chi connectivity index (χ1) is 10.0. The van der Waals surface area contributed by atoms with Gasteiger partial charge in [-0.3, -0.25) is 11.3 Å². The molecule has 21 heavy (non-hydrogen) atoms. The van der Waals surface area contributed by atoms with Crippen molar-refractivity contribution in [1.82, 2.24) is 5.43 Å². The van der Waals surface area contributed by atoms with Crippen molar-refractivity contribution in [1.29, 1.82) is 0 Å². The van der Waals surface area contributed by atoms with Gasteiger partial charge < -0.3 is 4.74 Å². The number of halogens is 3. The average molecular weight is 313 g/mol. The Morgan fingerprint density at radius 3 is 2.57 bits per heavy atom. The Bertz CT molecular complexity index is 637. The summed E-state index contributed by atoms with van der Waals surface area (Å²) in [5.41, 5.74) is 4.01. The molecule has 0 aliphatic heterocycles. The maximum Gasteiger partial charge on any atom is 0.159 e. The molecule has 112 valence electrons. The van der Waals surface area contributed by atoms with Gasteiger partial charge in [0.1, 0.15) is 5.75 Å². The minimum atomic E-state index is -0.888. The van der Waals surface area contributed by atoms with Crippen LogP contribution in [0.2, 0.25) is 5.02 Å². The topological polar surface area (TPSA) is 47.3 Å². The van der Waals surface area contributed by atoms with E-state index >= 15 is 0 Å². The average Bonchev–Trinajstić information content (AvgIpc) is 2.48. The lowest BCUT2D eigenvalue weighted by Crippen LogP contribution is -2.30. The van der Waals surface area contributed by atoms with E-state index in [1.165, 1.54) is 13.2 Å². The van der Waals surface area contributed by atoms with E-state index < -0.39 is 11.6 Å². The summed E-state index contributed by atoms with van der Waals surface area (Å²) >= 11 is 5.99. The van der Waals surface area contributed by atoms with Gasteiger partial charge in [0.15, 0.2) is 11.6 Å². The second kappa shape index (κ2) is 6.85. The van der Waals surface area contributed by atoms with Crippen molar-refractivity contribution in [3.63, 3.8) is 0 Å². The lowest BCUT2D eigenvalue weighted by Gasteiger charge is -2.19. The van der Waals surface area contributed by atoms with E-state index in [-0.39, 0.29) is 6.04 Å². The maximum absolute atomic E-state index is 13.3. The van der Waals surface area contributed by atoms with Gasteiger partial charge in [0.05, 0.1) is 13.2 Å². The highest BCUT2D eigenvalue weighted by atomic mass is 35.5. The van der Waals surface area contributed by atoms with Gasteiger partial charge in [-0.2, -0.15) is 0 Å². The van der Waals surface area contributed by atoms with Crippen LogP contribution in [0, 0.1) is 11.6 Å². The van der Waals surface area contributed by atoms with Gasteiger partial charge in [0, 0.05) is 10.6 Å². The molecule has 0 fully saturated rings. The molecule has 6 heteroatoms. The molecule has 2 aromatic carbocycles. The number of rotatable bonds is 5. The number of nitrogens with one attached hydrogen (secondary N) is 1. The summed E-state index contributed by atoms with van der Waals surface area (Å²) in [5.74, 6) is 4.43. The van der Waals surface area contributed by atoms with Crippen molar-refractivity contribution in [3.8, 4) is 5.75 Å². The van der Waals surface area contributed by atoms with Crippen molar-refractivity contribution in [2.45, 2.75) is 12.5 Å². The second-order valence-corrected chi connectivity index (χ2v) is 4.99. The number of ether oxygens (including phenoxy) is 1. The van der Waals surface area contributed by atoms with Crippen LogP contribution >= 0.6 is 11.6 Å². The van der Waals surface area contributed by atoms with Gasteiger partial charge in [0.25, 0.3) is 0 Å². The van der Waals surface area contributed by atoms with E-state index in [0.717, 1.165) is 17.7 Å². The molecular weight excluding hydrogens is 298 g/mol. The first-order valence-corrected chi connectivity index (χ1v) is 6.66. The lowest BCUT2D eigenvalue weighted by molar-refractivity contribution is 0.399. The monoisotopic (exact) mass is 312 g/mol. The molecule has 0 saturated carbocycles. The zero-order valence-electron chi connectivity index (χ0n) is 11.4. The van der Waals surface area contributed by atoms with Gasteiger partial charge in [-0.1, -0.05) is 17.7 Å². The Kier molecular flexibility index (Phi) is 5.12. The van der Waals surface area contributed by atoms with Gasteiger partial charge >= 0.3 is 0 Å². The lowest BCUT2D eigenvalue weighted by atomic mass is 9.98. The molecule has 0 aliphatic carbocycles. The summed E-state index contributed by atoms with van der Waals surface area (Å²) in [6, 6.07) is 8.57. The Balaban J connectivity index is 2.31. The predicted octanol–water partition coefficient (Wildman–Crippen LogP) is 3.37. The highest BCUT2D eigenvalue weighted by Crippen LogP contribution is 2.30. The smallest absolute Gasteiger partial charge is 0.159 e. The van der Waals surface area contributed by atoms with E-state index in [2.05, 4.69) is 5.43 Å². The molecule has 3 nitrogen and oxygen atoms in total. The SMILES string of the molecule is COc1ccc(Cl)cc1C(Cc1ccc(F)c(F)c1)NN. The van der Waals surface area contributed by atoms with Crippen LogP contribution in [0.15, 0.2) is 36.4 Å². The molecule has 1 atom stereocenters. The standard InChI is InChI=1S/C15H15ClF2N2O/c1-21-15-5-3-10(16)8-11(15)14(20-19)7-9-2-4-12(17)13(18)6-9/h2-6,8,14,20H,7,19H2,1H3. The molecule has 3 N–H and O–H groups in total. The third-order valence-electron chi connectivity index (χ3n) is 3.19. The van der Waals surface area contributed by atoms with Crippen LogP contribution in [0.1, 0.15) is 17.2 Å². The van der Waals surface area contributed by atoms with Crippen LogP contribution in [0.5, 0.6) is 5.75 Å². The van der Waals surface area contributed by atoms with Gasteiger partial charge in [0.2, 0.25) is 0 Å². The number of nitrogens with two attached hydrogens (primary N) is 1. The molecule has 0 bridgehead atoms. The Labute approximate surface area is 126 Å². The predicted molar refractivity (Wildman–Crippen MR) is 78.1 cm³/mol. The summed E-state index contributed by atoms with van der Waals surface area (Å²) in [5, 5.41) is 0.538. The molecule has 0 aliphatic rings. The molecule has 1 unspecified atom stereocenters. The molecule has 0 spiro atoms. The Hall–Kier alpha value is -1.69. The fourth-order valence-corrected chi connectivity index (χ4v) is 2.32. The van der Waals surface area contributed by atoms with Crippen molar-refractivity contribution in [2.75, 3.05) is 7.11 Å². The van der Waals surface area contributed by atoms with Gasteiger partial charge in [-0.25, -0.2) is 8.78 Å². The molecule has 0 radical (unpaired) electrons. The van der Waals surface area contributed by atoms with Gasteiger partial charge in [-0.15, -0.1) is 0 Å². The summed E-state index contributed by atoms with van der Waals surface area (Å²) < 4.78 is 31.5. The number of hydrogen-bond acceptors (Lipinski definition) is 3. The highest BCUT2D eigenvalue weighted by Gasteiger charge is 2.17. The van der Waals surface area contributed by atoms with Crippen molar-refractivity contribution < 1.29 is 13.5 Å². The summed E-state index contributed by atoms with van der Waals surface area (Å²) in [6.07, 6.45) is 0.365. The van der Waals surface area contributed by atoms with Crippen LogP contribution in [0.25, 0.3) is 0 Å². The van der Waals surface area contributed by atoms with E-state index in [9.17, 15) is 8.78 Å². The molecule has 0 saturated heterocycles. The quantitative estimate of drug-likeness (QED) is 0.657. The van der Waals surface area contributed by atoms with Crippen LogP contribution < -0.4 is 16.0 Å². The summed E-state index contributed by atoms with van der Waals surface area (Å²) in [6.45, 7) is 0. The molecule has 2 aromatic rings. The maximum atomic E-state index is 13.3. The number of methoxy groups -OCH3 is 1. The second-order valence-electron chi connectivity index (χ2n) is 4.56. The first kappa shape index (κ1) is 15.7. The summed E-state index contributed by atoms with van der Waals surface area (Å²) in [4.78, 5) is 0. The van der Waals surface area contributed by atoms with E-state index in [1.807, 2.05) is 0 Å². The molecule has 0 heterocycles. The van der Waals surface area contributed by atoms with Gasteiger partial charge in [-0.05, 0) is 42.3 Å². The zero-order chi connectivity index (χ0) is 15.4. The third kappa shape index (κ3) is 3.69.